The van der Waals surface area contributed by atoms with Gasteiger partial charge in [-0.3, -0.25) is 14.8 Å². The number of carboxylic acid groups (broad SMARTS) is 1. The molecule has 1 N–H and O–H groups in total. The van der Waals surface area contributed by atoms with Crippen molar-refractivity contribution in [2.75, 3.05) is 7.05 Å². The molecule has 0 saturated carbocycles. The zero-order valence-electron chi connectivity index (χ0n) is 10.9. The van der Waals surface area contributed by atoms with Crippen LogP contribution in [0.3, 0.4) is 0 Å². The first-order valence-electron chi connectivity index (χ1n) is 5.91. The van der Waals surface area contributed by atoms with Crippen LogP contribution in [0.15, 0.2) is 42.9 Å². The fraction of sp³-hybridized carbons (Fsp3) is 0.143. The Bertz CT molecular complexity index is 611. The van der Waals surface area contributed by atoms with E-state index in [2.05, 4.69) is 9.97 Å². The van der Waals surface area contributed by atoms with Crippen molar-refractivity contribution in [1.82, 2.24) is 14.9 Å². The highest BCUT2D eigenvalue weighted by molar-refractivity contribution is 5.93. The van der Waals surface area contributed by atoms with E-state index >= 15 is 0 Å². The van der Waals surface area contributed by atoms with Crippen LogP contribution in [0, 0.1) is 0 Å². The molecule has 0 saturated heterocycles. The number of carboxylic acids is 1. The summed E-state index contributed by atoms with van der Waals surface area (Å²) in [5.41, 5.74) is 1.17. The summed E-state index contributed by atoms with van der Waals surface area (Å²) in [6.45, 7) is 0.412. The van der Waals surface area contributed by atoms with E-state index in [1.165, 1.54) is 23.2 Å². The lowest BCUT2D eigenvalue weighted by Crippen LogP contribution is -2.27. The van der Waals surface area contributed by atoms with Crippen molar-refractivity contribution in [2.24, 2.45) is 0 Å². The molecule has 102 valence electrons. The first-order valence-corrected chi connectivity index (χ1v) is 5.91. The monoisotopic (exact) mass is 271 g/mol. The number of aromatic nitrogens is 2. The maximum absolute atomic E-state index is 12.1. The topological polar surface area (TPSA) is 83.4 Å². The number of pyridine rings is 2. The molecule has 0 fully saturated rings. The van der Waals surface area contributed by atoms with Crippen LogP contribution in [0.4, 0.5) is 0 Å². The van der Waals surface area contributed by atoms with Gasteiger partial charge in [-0.1, -0.05) is 6.07 Å². The quantitative estimate of drug-likeness (QED) is 0.909. The summed E-state index contributed by atoms with van der Waals surface area (Å²) in [6.07, 6.45) is 4.52. The van der Waals surface area contributed by atoms with Crippen molar-refractivity contribution in [3.8, 4) is 0 Å². The molecule has 1 amide bonds. The fourth-order valence-electron chi connectivity index (χ4n) is 1.68. The molecular weight excluding hydrogens is 258 g/mol. The van der Waals surface area contributed by atoms with Crippen LogP contribution in [-0.4, -0.2) is 38.9 Å². The Balaban J connectivity index is 2.08. The van der Waals surface area contributed by atoms with E-state index in [9.17, 15) is 9.59 Å². The first kappa shape index (κ1) is 13.7. The number of hydrogen-bond acceptors (Lipinski definition) is 4. The number of aromatic carboxylic acids is 1. The molecule has 0 aliphatic rings. The van der Waals surface area contributed by atoms with Gasteiger partial charge in [-0.05, 0) is 23.8 Å². The molecule has 6 heteroatoms. The summed E-state index contributed by atoms with van der Waals surface area (Å²) >= 11 is 0. The van der Waals surface area contributed by atoms with Gasteiger partial charge >= 0.3 is 5.97 Å². The second kappa shape index (κ2) is 5.92. The molecule has 0 spiro atoms. The maximum atomic E-state index is 12.1. The summed E-state index contributed by atoms with van der Waals surface area (Å²) in [5, 5.41) is 8.78. The van der Waals surface area contributed by atoms with Crippen molar-refractivity contribution >= 4 is 11.9 Å². The molecule has 0 unspecified atom stereocenters. The normalized spacial score (nSPS) is 10.1. The maximum Gasteiger partial charge on any atom is 0.337 e. The lowest BCUT2D eigenvalue weighted by atomic mass is 10.2. The van der Waals surface area contributed by atoms with Crippen molar-refractivity contribution < 1.29 is 14.7 Å². The Morgan fingerprint density at radius 2 is 2.05 bits per heavy atom. The van der Waals surface area contributed by atoms with Gasteiger partial charge in [0.1, 0.15) is 5.69 Å². The van der Waals surface area contributed by atoms with Crippen molar-refractivity contribution in [3.63, 3.8) is 0 Å². The van der Waals surface area contributed by atoms with Gasteiger partial charge in [0, 0.05) is 32.2 Å². The van der Waals surface area contributed by atoms with Gasteiger partial charge in [0.05, 0.1) is 5.56 Å². The van der Waals surface area contributed by atoms with Crippen LogP contribution in [0.1, 0.15) is 26.4 Å². The molecule has 2 rings (SSSR count). The van der Waals surface area contributed by atoms with Gasteiger partial charge in [0.15, 0.2) is 0 Å². The van der Waals surface area contributed by atoms with Gasteiger partial charge in [0.2, 0.25) is 0 Å². The number of carbonyl (C=O) groups excluding carboxylic acids is 1. The third-order valence-electron chi connectivity index (χ3n) is 2.72. The van der Waals surface area contributed by atoms with E-state index < -0.39 is 5.97 Å². The Morgan fingerprint density at radius 1 is 1.25 bits per heavy atom. The lowest BCUT2D eigenvalue weighted by molar-refractivity contribution is 0.0694. The lowest BCUT2D eigenvalue weighted by Gasteiger charge is -2.16. The minimum absolute atomic E-state index is 0.0523. The molecule has 0 aliphatic carbocycles. The number of hydrogen-bond donors (Lipinski definition) is 1. The number of rotatable bonds is 4. The molecule has 6 nitrogen and oxygen atoms in total. The van der Waals surface area contributed by atoms with Crippen LogP contribution >= 0.6 is 0 Å². The van der Waals surface area contributed by atoms with Crippen LogP contribution in [0.5, 0.6) is 0 Å². The third kappa shape index (κ3) is 3.17. The highest BCUT2D eigenvalue weighted by Crippen LogP contribution is 2.07. The van der Waals surface area contributed by atoms with Crippen LogP contribution in [-0.2, 0) is 6.54 Å². The minimum Gasteiger partial charge on any atom is -0.478 e. The highest BCUT2D eigenvalue weighted by Gasteiger charge is 2.14. The number of amides is 1. The highest BCUT2D eigenvalue weighted by atomic mass is 16.4. The van der Waals surface area contributed by atoms with Gasteiger partial charge in [0.25, 0.3) is 5.91 Å². The second-order valence-corrected chi connectivity index (χ2v) is 4.26. The summed E-state index contributed by atoms with van der Waals surface area (Å²) in [4.78, 5) is 32.2. The summed E-state index contributed by atoms with van der Waals surface area (Å²) in [7, 11) is 1.65. The van der Waals surface area contributed by atoms with Gasteiger partial charge in [-0.25, -0.2) is 4.79 Å². The zero-order chi connectivity index (χ0) is 14.5. The minimum atomic E-state index is -1.07. The van der Waals surface area contributed by atoms with Gasteiger partial charge in [-0.15, -0.1) is 0 Å². The van der Waals surface area contributed by atoms with Crippen LogP contribution in [0.25, 0.3) is 0 Å². The molecule has 2 heterocycles. The van der Waals surface area contributed by atoms with Crippen LogP contribution in [0.2, 0.25) is 0 Å². The summed E-state index contributed by atoms with van der Waals surface area (Å²) < 4.78 is 0. The molecule has 20 heavy (non-hydrogen) atoms. The summed E-state index contributed by atoms with van der Waals surface area (Å²) in [5.74, 6) is -1.34. The number of carbonyl (C=O) groups is 2. The summed E-state index contributed by atoms with van der Waals surface area (Å²) in [6, 6.07) is 6.44. The SMILES string of the molecule is CN(Cc1cccnc1)C(=O)c1ccc(C(=O)O)cn1. The second-order valence-electron chi connectivity index (χ2n) is 4.26. The van der Waals surface area contributed by atoms with E-state index in [0.29, 0.717) is 6.54 Å². The molecular formula is C14H13N3O3. The molecule has 0 bridgehead atoms. The standard InChI is InChI=1S/C14H13N3O3/c1-17(9-10-3-2-6-15-7-10)13(18)12-5-4-11(8-16-12)14(19)20/h2-8H,9H2,1H3,(H,19,20). The molecule has 2 aromatic rings. The average molecular weight is 271 g/mol. The molecule has 0 aromatic carbocycles. The van der Waals surface area contributed by atoms with Crippen LogP contribution < -0.4 is 0 Å². The largest absolute Gasteiger partial charge is 0.478 e. The van der Waals surface area contributed by atoms with Gasteiger partial charge < -0.3 is 10.0 Å². The van der Waals surface area contributed by atoms with Crippen molar-refractivity contribution in [3.05, 3.63) is 59.7 Å². The van der Waals surface area contributed by atoms with E-state index in [-0.39, 0.29) is 17.2 Å². The Morgan fingerprint density at radius 3 is 2.60 bits per heavy atom. The predicted molar refractivity (Wildman–Crippen MR) is 71.2 cm³/mol. The van der Waals surface area contributed by atoms with E-state index in [4.69, 9.17) is 5.11 Å². The van der Waals surface area contributed by atoms with Crippen molar-refractivity contribution in [2.45, 2.75) is 6.54 Å². The molecule has 0 radical (unpaired) electrons. The van der Waals surface area contributed by atoms with E-state index in [0.717, 1.165) is 5.56 Å². The number of nitrogens with zero attached hydrogens (tertiary/aromatic N) is 3. The Hall–Kier alpha value is -2.76. The van der Waals surface area contributed by atoms with E-state index in [1.54, 1.807) is 25.5 Å². The zero-order valence-corrected chi connectivity index (χ0v) is 10.9. The fourth-order valence-corrected chi connectivity index (χ4v) is 1.68. The Kier molecular flexibility index (Phi) is 4.05. The third-order valence-corrected chi connectivity index (χ3v) is 2.72. The average Bonchev–Trinajstić information content (AvgIpc) is 2.47. The molecule has 0 atom stereocenters. The van der Waals surface area contributed by atoms with E-state index in [1.807, 2.05) is 6.07 Å². The Labute approximate surface area is 115 Å². The first-order chi connectivity index (χ1) is 9.58. The predicted octanol–water partition coefficient (Wildman–Crippen LogP) is 1.45. The molecule has 0 aliphatic heterocycles. The molecule has 2 aromatic heterocycles. The van der Waals surface area contributed by atoms with Gasteiger partial charge in [-0.2, -0.15) is 0 Å². The smallest absolute Gasteiger partial charge is 0.337 e. The van der Waals surface area contributed by atoms with Crippen molar-refractivity contribution in [1.29, 1.82) is 0 Å².